The molecule has 3 fully saturated rings. The highest BCUT2D eigenvalue weighted by atomic mass is 15.4. The second-order valence-electron chi connectivity index (χ2n) is 23.7. The number of likely N-dealkylation sites (tertiary alicyclic amines) is 3. The summed E-state index contributed by atoms with van der Waals surface area (Å²) in [7, 11) is 7.01. The van der Waals surface area contributed by atoms with Gasteiger partial charge in [0.15, 0.2) is 0 Å². The summed E-state index contributed by atoms with van der Waals surface area (Å²) < 4.78 is 0. The van der Waals surface area contributed by atoms with E-state index in [-0.39, 0.29) is 33.2 Å². The van der Waals surface area contributed by atoms with Gasteiger partial charge in [-0.15, -0.1) is 0 Å². The zero-order valence-corrected chi connectivity index (χ0v) is 43.1. The van der Waals surface area contributed by atoms with Gasteiger partial charge < -0.3 is 14.7 Å². The van der Waals surface area contributed by atoms with Crippen LogP contribution in [0.25, 0.3) is 0 Å². The first-order valence-electron chi connectivity index (χ1n) is 25.1. The zero-order chi connectivity index (χ0) is 44.9. The third-order valence-corrected chi connectivity index (χ3v) is 16.3. The van der Waals surface area contributed by atoms with E-state index < -0.39 is 0 Å². The van der Waals surface area contributed by atoms with E-state index in [0.29, 0.717) is 18.1 Å². The monoisotopic (exact) mass is 838 g/mol. The molecule has 3 aliphatic rings. The molecule has 348 valence electrons. The third kappa shape index (κ3) is 12.3. The Labute approximate surface area is 372 Å². The van der Waals surface area contributed by atoms with Crippen molar-refractivity contribution in [3.8, 4) is 0 Å². The molecule has 4 heterocycles. The number of rotatable bonds is 21. The Bertz CT molecular complexity index is 1230. The third-order valence-electron chi connectivity index (χ3n) is 16.3. The summed E-state index contributed by atoms with van der Waals surface area (Å²) in [5.74, 6) is 2.76. The van der Waals surface area contributed by atoms with Crippen LogP contribution in [0.3, 0.4) is 0 Å². The summed E-state index contributed by atoms with van der Waals surface area (Å²) >= 11 is 0. The fourth-order valence-corrected chi connectivity index (χ4v) is 11.8. The Hall–Kier alpha value is -1.71. The van der Waals surface area contributed by atoms with Crippen molar-refractivity contribution in [1.82, 2.24) is 29.7 Å². The average Bonchev–Trinajstić information content (AvgIpc) is 3.14. The molecule has 9 heteroatoms. The molecule has 0 N–H and O–H groups in total. The van der Waals surface area contributed by atoms with Gasteiger partial charge in [0.25, 0.3) is 0 Å². The number of aromatic nitrogens is 3. The standard InChI is InChI=1S/C51H99N9/c1-19-22-25-28-31-58(40-34-46(4,5)55(16)47(6,7)35-40)43-52-44(59(32-29-26-23-20-2)41-36-48(8,9)56(17)49(10,11)37-41)54-45(53-43)60(33-30-27-24-21-3)42-38-50(12,13)57(18)51(14,15)39-42/h40-42H,19-39H2,1-18H3. The normalized spacial score (nSPS) is 23.5. The number of hydrogen-bond donors (Lipinski definition) is 0. The maximum absolute atomic E-state index is 5.79. The fourth-order valence-electron chi connectivity index (χ4n) is 11.8. The highest BCUT2D eigenvalue weighted by molar-refractivity contribution is 5.49. The van der Waals surface area contributed by atoms with Gasteiger partial charge in [-0.2, -0.15) is 15.0 Å². The Morgan fingerprint density at radius 2 is 0.567 bits per heavy atom. The minimum Gasteiger partial charge on any atom is -0.338 e. The lowest BCUT2D eigenvalue weighted by Crippen LogP contribution is -2.63. The molecule has 0 saturated carbocycles. The quantitative estimate of drug-likeness (QED) is 0.113. The van der Waals surface area contributed by atoms with Crippen LogP contribution in [-0.2, 0) is 0 Å². The fraction of sp³-hybridized carbons (Fsp3) is 0.941. The van der Waals surface area contributed by atoms with Gasteiger partial charge >= 0.3 is 0 Å². The van der Waals surface area contributed by atoms with Crippen LogP contribution < -0.4 is 14.7 Å². The van der Waals surface area contributed by atoms with E-state index in [0.717, 1.165) is 95.3 Å². The van der Waals surface area contributed by atoms with Crippen LogP contribution in [0.15, 0.2) is 0 Å². The smallest absolute Gasteiger partial charge is 0.232 e. The maximum atomic E-state index is 5.79. The van der Waals surface area contributed by atoms with E-state index in [4.69, 9.17) is 15.0 Å². The molecule has 60 heavy (non-hydrogen) atoms. The van der Waals surface area contributed by atoms with E-state index in [2.05, 4.69) is 154 Å². The predicted octanol–water partition coefficient (Wildman–Crippen LogP) is 12.0. The Kier molecular flexibility index (Phi) is 17.3. The van der Waals surface area contributed by atoms with E-state index in [1.54, 1.807) is 0 Å². The molecule has 0 spiro atoms. The van der Waals surface area contributed by atoms with Crippen molar-refractivity contribution in [2.24, 2.45) is 0 Å². The topological polar surface area (TPSA) is 58.1 Å². The van der Waals surface area contributed by atoms with E-state index >= 15 is 0 Å². The number of anilines is 3. The zero-order valence-electron chi connectivity index (χ0n) is 43.1. The van der Waals surface area contributed by atoms with Crippen molar-refractivity contribution >= 4 is 17.8 Å². The largest absolute Gasteiger partial charge is 0.338 e. The predicted molar refractivity (Wildman–Crippen MR) is 261 cm³/mol. The minimum absolute atomic E-state index is 0.0555. The van der Waals surface area contributed by atoms with Crippen molar-refractivity contribution in [3.05, 3.63) is 0 Å². The van der Waals surface area contributed by atoms with Crippen LogP contribution in [0.4, 0.5) is 17.8 Å². The summed E-state index contributed by atoms with van der Waals surface area (Å²) in [4.78, 5) is 33.3. The molecular formula is C51H99N9. The lowest BCUT2D eigenvalue weighted by atomic mass is 9.77. The summed E-state index contributed by atoms with van der Waals surface area (Å²) in [5.41, 5.74) is 0.333. The Morgan fingerprint density at radius 3 is 0.750 bits per heavy atom. The van der Waals surface area contributed by atoms with Gasteiger partial charge in [0.1, 0.15) is 0 Å². The second-order valence-corrected chi connectivity index (χ2v) is 23.7. The minimum atomic E-state index is 0.0555. The molecule has 3 saturated heterocycles. The molecule has 3 aliphatic heterocycles. The van der Waals surface area contributed by atoms with E-state index in [1.165, 1.54) is 57.8 Å². The number of piperidine rings is 3. The van der Waals surface area contributed by atoms with Gasteiger partial charge in [-0.05, 0) is 162 Å². The molecule has 0 aromatic carbocycles. The van der Waals surface area contributed by atoms with E-state index in [1.807, 2.05) is 0 Å². The highest BCUT2D eigenvalue weighted by Crippen LogP contribution is 2.44. The van der Waals surface area contributed by atoms with Crippen LogP contribution in [0.2, 0.25) is 0 Å². The van der Waals surface area contributed by atoms with E-state index in [9.17, 15) is 0 Å². The number of hydrogen-bond acceptors (Lipinski definition) is 9. The Balaban J connectivity index is 1.99. The van der Waals surface area contributed by atoms with Gasteiger partial charge in [0.2, 0.25) is 17.8 Å². The molecule has 0 bridgehead atoms. The molecule has 0 atom stereocenters. The van der Waals surface area contributed by atoms with Gasteiger partial charge in [-0.1, -0.05) is 78.6 Å². The molecule has 4 rings (SSSR count). The average molecular weight is 838 g/mol. The summed E-state index contributed by atoms with van der Waals surface area (Å²) in [5, 5.41) is 0. The van der Waals surface area contributed by atoms with Gasteiger partial charge in [-0.3, -0.25) is 14.7 Å². The lowest BCUT2D eigenvalue weighted by Gasteiger charge is -2.56. The highest BCUT2D eigenvalue weighted by Gasteiger charge is 2.49. The second kappa shape index (κ2) is 20.4. The van der Waals surface area contributed by atoms with Crippen molar-refractivity contribution in [2.75, 3.05) is 55.5 Å². The Morgan fingerprint density at radius 1 is 0.367 bits per heavy atom. The number of unbranched alkanes of at least 4 members (excludes halogenated alkanes) is 9. The molecule has 0 unspecified atom stereocenters. The van der Waals surface area contributed by atoms with Gasteiger partial charge in [0, 0.05) is 71.0 Å². The van der Waals surface area contributed by atoms with Crippen molar-refractivity contribution in [3.63, 3.8) is 0 Å². The molecule has 0 aliphatic carbocycles. The molecule has 1 aromatic rings. The molecular weight excluding hydrogens is 739 g/mol. The first-order chi connectivity index (χ1) is 27.8. The SMILES string of the molecule is CCCCCCN(c1nc(N(CCCCCC)C2CC(C)(C)N(C)C(C)(C)C2)nc(N(CCCCCC)C2CC(C)(C)N(C)C(C)(C)C2)n1)C1CC(C)(C)N(C)C(C)(C)C1. The van der Waals surface area contributed by atoms with Crippen molar-refractivity contribution in [1.29, 1.82) is 0 Å². The molecule has 0 amide bonds. The first kappa shape index (κ1) is 50.9. The summed E-state index contributed by atoms with van der Waals surface area (Å²) in [6.07, 6.45) is 21.3. The van der Waals surface area contributed by atoms with Crippen LogP contribution >= 0.6 is 0 Å². The van der Waals surface area contributed by atoms with Crippen LogP contribution in [0.5, 0.6) is 0 Å². The van der Waals surface area contributed by atoms with Crippen LogP contribution in [0, 0.1) is 0 Å². The summed E-state index contributed by atoms with van der Waals surface area (Å²) in [6.45, 7) is 39.3. The van der Waals surface area contributed by atoms with Gasteiger partial charge in [-0.25, -0.2) is 0 Å². The molecule has 9 nitrogen and oxygen atoms in total. The van der Waals surface area contributed by atoms with Crippen LogP contribution in [-0.4, -0.2) is 122 Å². The van der Waals surface area contributed by atoms with Crippen LogP contribution in [0.1, 0.15) is 219 Å². The molecule has 0 radical (unpaired) electrons. The first-order valence-corrected chi connectivity index (χ1v) is 25.1. The van der Waals surface area contributed by atoms with Gasteiger partial charge in [0.05, 0.1) is 0 Å². The molecule has 1 aromatic heterocycles. The maximum Gasteiger partial charge on any atom is 0.232 e. The lowest BCUT2D eigenvalue weighted by molar-refractivity contribution is -0.0130. The van der Waals surface area contributed by atoms with Crippen molar-refractivity contribution < 1.29 is 0 Å². The summed E-state index contributed by atoms with van der Waals surface area (Å²) in [6, 6.07) is 1.03. The number of nitrogens with zero attached hydrogens (tertiary/aromatic N) is 9. The van der Waals surface area contributed by atoms with Crippen molar-refractivity contribution in [2.45, 2.75) is 271 Å².